The Kier molecular flexibility index (Phi) is 4.97. The number of carbonyl (C=O) groups excluding carboxylic acids is 1. The highest BCUT2D eigenvalue weighted by Gasteiger charge is 2.33. The van der Waals surface area contributed by atoms with Crippen molar-refractivity contribution in [3.05, 3.63) is 53.9 Å². The summed E-state index contributed by atoms with van der Waals surface area (Å²) in [7, 11) is 3.65. The smallest absolute Gasteiger partial charge is 0.244 e. The largest absolute Gasteiger partial charge is 0.367 e. The second-order valence-corrected chi connectivity index (χ2v) is 6.26. The first-order valence-electron chi connectivity index (χ1n) is 8.23. The van der Waals surface area contributed by atoms with Crippen LogP contribution >= 0.6 is 0 Å². The van der Waals surface area contributed by atoms with Gasteiger partial charge in [0.15, 0.2) is 0 Å². The number of aromatic nitrogens is 2. The molecule has 0 bridgehead atoms. The summed E-state index contributed by atoms with van der Waals surface area (Å²) in [6.07, 6.45) is 3.51. The molecule has 3 atom stereocenters. The van der Waals surface area contributed by atoms with E-state index in [4.69, 9.17) is 4.74 Å². The Hall–Kier alpha value is -2.18. The zero-order valence-electron chi connectivity index (χ0n) is 14.3. The maximum Gasteiger partial charge on any atom is 0.244 e. The molecule has 1 aromatic heterocycles. The van der Waals surface area contributed by atoms with Gasteiger partial charge in [-0.3, -0.25) is 9.48 Å². The fourth-order valence-corrected chi connectivity index (χ4v) is 3.19. The van der Waals surface area contributed by atoms with Crippen LogP contribution in [0.2, 0.25) is 0 Å². The van der Waals surface area contributed by atoms with Crippen molar-refractivity contribution in [2.24, 2.45) is 7.05 Å². The van der Waals surface area contributed by atoms with Crippen LogP contribution in [-0.2, 0) is 16.6 Å². The Balaban J connectivity index is 1.78. The van der Waals surface area contributed by atoms with Gasteiger partial charge in [0.25, 0.3) is 0 Å². The Morgan fingerprint density at radius 3 is 2.71 bits per heavy atom. The predicted octanol–water partition coefficient (Wildman–Crippen LogP) is 1.67. The van der Waals surface area contributed by atoms with E-state index in [0.29, 0.717) is 13.1 Å². The molecule has 2 aromatic rings. The third kappa shape index (κ3) is 3.49. The van der Waals surface area contributed by atoms with Gasteiger partial charge in [-0.05, 0) is 19.5 Å². The topological polar surface area (TPSA) is 59.4 Å². The highest BCUT2D eigenvalue weighted by Crippen LogP contribution is 2.27. The molecule has 6 nitrogen and oxygen atoms in total. The zero-order chi connectivity index (χ0) is 17.1. The predicted molar refractivity (Wildman–Crippen MR) is 91.3 cm³/mol. The molecule has 1 amide bonds. The summed E-state index contributed by atoms with van der Waals surface area (Å²) in [5, 5.41) is 7.28. The molecule has 3 unspecified atom stereocenters. The number of benzene rings is 1. The number of aryl methyl sites for hydroxylation is 1. The maximum absolute atomic E-state index is 13.0. The van der Waals surface area contributed by atoms with Gasteiger partial charge in [0.1, 0.15) is 12.1 Å². The molecule has 1 aliphatic rings. The SMILES string of the molecule is CNC(C(=O)N1CC(C)OC(c2ccccc2)C1)c1cnn(C)c1. The van der Waals surface area contributed by atoms with E-state index < -0.39 is 0 Å². The summed E-state index contributed by atoms with van der Waals surface area (Å²) in [6, 6.07) is 9.68. The van der Waals surface area contributed by atoms with Gasteiger partial charge in [0.05, 0.1) is 18.8 Å². The van der Waals surface area contributed by atoms with E-state index in [9.17, 15) is 4.79 Å². The van der Waals surface area contributed by atoms with Gasteiger partial charge >= 0.3 is 0 Å². The number of nitrogens with zero attached hydrogens (tertiary/aromatic N) is 3. The van der Waals surface area contributed by atoms with Gasteiger partial charge in [-0.15, -0.1) is 0 Å². The summed E-state index contributed by atoms with van der Waals surface area (Å²) >= 11 is 0. The first kappa shape index (κ1) is 16.7. The molecule has 1 fully saturated rings. The third-order valence-corrected chi connectivity index (χ3v) is 4.34. The lowest BCUT2D eigenvalue weighted by molar-refractivity contribution is -0.147. The van der Waals surface area contributed by atoms with E-state index in [2.05, 4.69) is 10.4 Å². The number of morpholine rings is 1. The molecule has 0 radical (unpaired) electrons. The third-order valence-electron chi connectivity index (χ3n) is 4.34. The molecule has 0 spiro atoms. The minimum Gasteiger partial charge on any atom is -0.367 e. The van der Waals surface area contributed by atoms with Crippen molar-refractivity contribution in [3.63, 3.8) is 0 Å². The van der Waals surface area contributed by atoms with Crippen LogP contribution in [0.1, 0.15) is 30.2 Å². The van der Waals surface area contributed by atoms with Gasteiger partial charge in [0, 0.05) is 25.4 Å². The number of carbonyl (C=O) groups is 1. The summed E-state index contributed by atoms with van der Waals surface area (Å²) < 4.78 is 7.76. The molecular weight excluding hydrogens is 304 g/mol. The van der Waals surface area contributed by atoms with Crippen molar-refractivity contribution in [2.75, 3.05) is 20.1 Å². The minimum absolute atomic E-state index is 0.000638. The first-order valence-corrected chi connectivity index (χ1v) is 8.23. The van der Waals surface area contributed by atoms with E-state index in [-0.39, 0.29) is 24.2 Å². The molecule has 0 aliphatic carbocycles. The average molecular weight is 328 g/mol. The minimum atomic E-state index is -0.388. The van der Waals surface area contributed by atoms with Crippen molar-refractivity contribution < 1.29 is 9.53 Å². The molecular formula is C18H24N4O2. The zero-order valence-corrected chi connectivity index (χ0v) is 14.3. The lowest BCUT2D eigenvalue weighted by Gasteiger charge is -2.38. The fraction of sp³-hybridized carbons (Fsp3) is 0.444. The van der Waals surface area contributed by atoms with Gasteiger partial charge in [-0.25, -0.2) is 0 Å². The molecule has 24 heavy (non-hydrogen) atoms. The lowest BCUT2D eigenvalue weighted by atomic mass is 10.0. The Morgan fingerprint density at radius 2 is 2.08 bits per heavy atom. The standard InChI is InChI=1S/C18H24N4O2/c1-13-10-22(12-16(24-13)14-7-5-4-6-8-14)18(23)17(19-2)15-9-20-21(3)11-15/h4-9,11,13,16-17,19H,10,12H2,1-3H3. The summed E-state index contributed by atoms with van der Waals surface area (Å²) in [4.78, 5) is 14.9. The number of hydrogen-bond acceptors (Lipinski definition) is 4. The highest BCUT2D eigenvalue weighted by atomic mass is 16.5. The molecule has 2 heterocycles. The van der Waals surface area contributed by atoms with Crippen LogP contribution in [0.3, 0.4) is 0 Å². The molecule has 1 N–H and O–H groups in total. The second-order valence-electron chi connectivity index (χ2n) is 6.26. The van der Waals surface area contributed by atoms with Crippen LogP contribution in [0.5, 0.6) is 0 Å². The number of amides is 1. The number of likely N-dealkylation sites (N-methyl/N-ethyl adjacent to an activating group) is 1. The molecule has 6 heteroatoms. The molecule has 1 saturated heterocycles. The van der Waals surface area contributed by atoms with Crippen LogP contribution in [0.4, 0.5) is 0 Å². The molecule has 0 saturated carbocycles. The van der Waals surface area contributed by atoms with Crippen molar-refractivity contribution in [1.29, 1.82) is 0 Å². The Bertz CT molecular complexity index is 685. The Morgan fingerprint density at radius 1 is 1.33 bits per heavy atom. The van der Waals surface area contributed by atoms with E-state index in [1.54, 1.807) is 17.9 Å². The number of nitrogens with one attached hydrogen (secondary N) is 1. The maximum atomic E-state index is 13.0. The van der Waals surface area contributed by atoms with Gasteiger partial charge in [-0.2, -0.15) is 5.10 Å². The first-order chi connectivity index (χ1) is 11.6. The molecule has 128 valence electrons. The van der Waals surface area contributed by atoms with Crippen molar-refractivity contribution >= 4 is 5.91 Å². The average Bonchev–Trinajstić information content (AvgIpc) is 3.02. The van der Waals surface area contributed by atoms with Gasteiger partial charge in [-0.1, -0.05) is 30.3 Å². The number of rotatable bonds is 4. The van der Waals surface area contributed by atoms with Crippen LogP contribution in [0.15, 0.2) is 42.7 Å². The van der Waals surface area contributed by atoms with Crippen LogP contribution in [-0.4, -0.2) is 46.8 Å². The monoisotopic (exact) mass is 328 g/mol. The van der Waals surface area contributed by atoms with E-state index in [0.717, 1.165) is 11.1 Å². The van der Waals surface area contributed by atoms with Gasteiger partial charge < -0.3 is 15.0 Å². The van der Waals surface area contributed by atoms with E-state index in [1.165, 1.54) is 0 Å². The summed E-state index contributed by atoms with van der Waals surface area (Å²) in [6.45, 7) is 3.17. The second kappa shape index (κ2) is 7.15. The van der Waals surface area contributed by atoms with Crippen molar-refractivity contribution in [3.8, 4) is 0 Å². The van der Waals surface area contributed by atoms with E-state index >= 15 is 0 Å². The Labute approximate surface area is 142 Å². The lowest BCUT2D eigenvalue weighted by Crippen LogP contribution is -2.49. The number of ether oxygens (including phenoxy) is 1. The molecule has 1 aliphatic heterocycles. The number of hydrogen-bond donors (Lipinski definition) is 1. The summed E-state index contributed by atoms with van der Waals surface area (Å²) in [5.41, 5.74) is 1.98. The van der Waals surface area contributed by atoms with Crippen molar-refractivity contribution in [1.82, 2.24) is 20.0 Å². The van der Waals surface area contributed by atoms with Crippen LogP contribution < -0.4 is 5.32 Å². The normalized spacial score (nSPS) is 22.4. The summed E-state index contributed by atoms with van der Waals surface area (Å²) in [5.74, 6) is 0.0570. The quantitative estimate of drug-likeness (QED) is 0.927. The van der Waals surface area contributed by atoms with Crippen LogP contribution in [0, 0.1) is 0 Å². The van der Waals surface area contributed by atoms with Gasteiger partial charge in [0.2, 0.25) is 5.91 Å². The molecule has 3 rings (SSSR count). The highest BCUT2D eigenvalue weighted by molar-refractivity contribution is 5.83. The van der Waals surface area contributed by atoms with Crippen LogP contribution in [0.25, 0.3) is 0 Å². The molecule has 1 aromatic carbocycles. The van der Waals surface area contributed by atoms with Crippen molar-refractivity contribution in [2.45, 2.75) is 25.2 Å². The fourth-order valence-electron chi connectivity index (χ4n) is 3.19. The van der Waals surface area contributed by atoms with E-state index in [1.807, 2.05) is 55.4 Å².